The molecule has 5 nitrogen and oxygen atoms in total. The minimum Gasteiger partial charge on any atom is -0.242 e. The first-order chi connectivity index (χ1) is 4.34. The Hall–Kier alpha value is -1.13. The third-order valence-electron chi connectivity index (χ3n) is 0.934. The fourth-order valence-corrected chi connectivity index (χ4v) is 0.549. The van der Waals surface area contributed by atoms with Crippen LogP contribution in [0.3, 0.4) is 0 Å². The van der Waals surface area contributed by atoms with E-state index in [4.69, 9.17) is 0 Å². The molecule has 0 bridgehead atoms. The molecule has 0 atom stereocenters. The number of hydrogen-bond donors (Lipinski definition) is 0. The second-order valence-electron chi connectivity index (χ2n) is 1.68. The van der Waals surface area contributed by atoms with Crippen LogP contribution in [-0.2, 0) is 0 Å². The van der Waals surface area contributed by atoms with Crippen LogP contribution >= 0.6 is 0 Å². The number of nitrogens with zero attached hydrogens (tertiary/aromatic N) is 4. The van der Waals surface area contributed by atoms with Crippen molar-refractivity contribution in [2.75, 3.05) is 6.54 Å². The lowest BCUT2D eigenvalue weighted by atomic mass is 10.5. The molecule has 0 aliphatic carbocycles. The highest BCUT2D eigenvalue weighted by molar-refractivity contribution is 5.73. The average Bonchev–Trinajstić information content (AvgIpc) is 2.18. The van der Waals surface area contributed by atoms with Crippen molar-refractivity contribution in [1.29, 1.82) is 0 Å². The molecule has 49 valence electrons. The first-order valence-electron chi connectivity index (χ1n) is 2.77. The van der Waals surface area contributed by atoms with Gasteiger partial charge >= 0.3 is 6.03 Å². The van der Waals surface area contributed by atoms with Crippen LogP contribution in [-0.4, -0.2) is 17.6 Å². The zero-order chi connectivity index (χ0) is 6.69. The number of urea groups is 1. The Labute approximate surface area is 52.7 Å². The lowest BCUT2D eigenvalue weighted by Crippen LogP contribution is -2.24. The third-order valence-corrected chi connectivity index (χ3v) is 0.934. The second-order valence-corrected chi connectivity index (χ2v) is 1.68. The molecule has 1 aliphatic heterocycles. The molecule has 1 rings (SSSR count). The van der Waals surface area contributed by atoms with Crippen molar-refractivity contribution in [3.8, 4) is 0 Å². The second kappa shape index (κ2) is 2.43. The summed E-state index contributed by atoms with van der Waals surface area (Å²) in [6.07, 6.45) is 0.875. The van der Waals surface area contributed by atoms with E-state index in [0.717, 1.165) is 6.42 Å². The van der Waals surface area contributed by atoms with Gasteiger partial charge in [0.1, 0.15) is 0 Å². The lowest BCUT2D eigenvalue weighted by Gasteiger charge is -2.03. The van der Waals surface area contributed by atoms with E-state index in [1.807, 2.05) is 6.92 Å². The minimum atomic E-state index is -0.364. The molecule has 2 amide bonds. The number of carbonyl (C=O) groups is 1. The maximum absolute atomic E-state index is 10.5. The molecule has 1 heterocycles. The molecule has 1 aliphatic rings. The van der Waals surface area contributed by atoms with Crippen molar-refractivity contribution in [3.63, 3.8) is 0 Å². The Morgan fingerprint density at radius 2 is 2.44 bits per heavy atom. The van der Waals surface area contributed by atoms with Crippen molar-refractivity contribution in [2.45, 2.75) is 13.3 Å². The molecule has 5 heteroatoms. The summed E-state index contributed by atoms with van der Waals surface area (Å²) in [5.41, 5.74) is 3.18. The zero-order valence-electron chi connectivity index (χ0n) is 5.11. The third kappa shape index (κ3) is 1.16. The van der Waals surface area contributed by atoms with E-state index in [9.17, 15) is 4.79 Å². The fourth-order valence-electron chi connectivity index (χ4n) is 0.549. The van der Waals surface area contributed by atoms with Gasteiger partial charge in [-0.05, 0) is 16.9 Å². The molecule has 0 N–H and O–H groups in total. The van der Waals surface area contributed by atoms with Gasteiger partial charge in [0.25, 0.3) is 0 Å². The van der Waals surface area contributed by atoms with Gasteiger partial charge in [-0.1, -0.05) is 12.3 Å². The van der Waals surface area contributed by atoms with Gasteiger partial charge in [-0.2, -0.15) is 5.01 Å². The summed E-state index contributed by atoms with van der Waals surface area (Å²) < 4.78 is 0. The quantitative estimate of drug-likeness (QED) is 0.539. The number of amides is 2. The average molecular weight is 127 g/mol. The van der Waals surface area contributed by atoms with Gasteiger partial charge in [-0.15, -0.1) is 0 Å². The van der Waals surface area contributed by atoms with Gasteiger partial charge in [0.15, 0.2) is 0 Å². The zero-order valence-corrected chi connectivity index (χ0v) is 5.11. The Bertz CT molecular complexity index is 144. The highest BCUT2D eigenvalue weighted by Gasteiger charge is 2.17. The monoisotopic (exact) mass is 127 g/mol. The van der Waals surface area contributed by atoms with E-state index >= 15 is 0 Å². The Morgan fingerprint density at radius 3 is 2.89 bits per heavy atom. The molecule has 0 aromatic heterocycles. The lowest BCUT2D eigenvalue weighted by molar-refractivity contribution is 0.211. The maximum Gasteiger partial charge on any atom is 0.385 e. The van der Waals surface area contributed by atoms with Gasteiger partial charge in [-0.25, -0.2) is 4.79 Å². The van der Waals surface area contributed by atoms with Gasteiger partial charge in [-0.3, -0.25) is 0 Å². The number of rotatable bonds is 2. The van der Waals surface area contributed by atoms with E-state index in [1.165, 1.54) is 5.01 Å². The summed E-state index contributed by atoms with van der Waals surface area (Å²) in [5, 5.41) is 7.88. The molecule has 0 spiro atoms. The minimum absolute atomic E-state index is 0.364. The first kappa shape index (κ1) is 6.00. The van der Waals surface area contributed by atoms with E-state index in [2.05, 4.69) is 15.9 Å². The number of carbonyl (C=O) groups excluding carboxylic acids is 1. The van der Waals surface area contributed by atoms with Crippen LogP contribution in [0.25, 0.3) is 0 Å². The van der Waals surface area contributed by atoms with Gasteiger partial charge in [0.2, 0.25) is 0 Å². The van der Waals surface area contributed by atoms with Crippen LogP contribution in [0.1, 0.15) is 13.3 Å². The normalized spacial score (nSPS) is 16.6. The summed E-state index contributed by atoms with van der Waals surface area (Å²) in [5.74, 6) is 0. The van der Waals surface area contributed by atoms with Crippen molar-refractivity contribution < 1.29 is 4.79 Å². The van der Waals surface area contributed by atoms with Crippen LogP contribution in [0.5, 0.6) is 0 Å². The first-order valence-corrected chi connectivity index (χ1v) is 2.77. The van der Waals surface area contributed by atoms with Crippen LogP contribution in [0.4, 0.5) is 4.79 Å². The molecular formula is C4H7N4O. The van der Waals surface area contributed by atoms with Crippen LogP contribution in [0.15, 0.2) is 10.4 Å². The Morgan fingerprint density at radius 1 is 1.67 bits per heavy atom. The largest absolute Gasteiger partial charge is 0.385 e. The maximum atomic E-state index is 10.5. The van der Waals surface area contributed by atoms with Crippen LogP contribution in [0.2, 0.25) is 0 Å². The molecule has 9 heavy (non-hydrogen) atoms. The van der Waals surface area contributed by atoms with E-state index in [0.29, 0.717) is 6.54 Å². The van der Waals surface area contributed by atoms with Crippen molar-refractivity contribution in [2.24, 2.45) is 10.4 Å². The topological polar surface area (TPSA) is 59.1 Å². The van der Waals surface area contributed by atoms with Crippen LogP contribution < -0.4 is 5.43 Å². The standard InChI is InChI=1S/C4H7N4O/c1-2-3-8-4(9)5-6-7-8/h2-3H2,1H3. The molecule has 0 saturated heterocycles. The van der Waals surface area contributed by atoms with Gasteiger partial charge < -0.3 is 0 Å². The van der Waals surface area contributed by atoms with E-state index in [1.54, 1.807) is 0 Å². The van der Waals surface area contributed by atoms with E-state index in [-0.39, 0.29) is 6.03 Å². The van der Waals surface area contributed by atoms with Crippen molar-refractivity contribution in [3.05, 3.63) is 0 Å². The molecule has 0 aromatic carbocycles. The predicted octanol–water partition coefficient (Wildman–Crippen LogP) is 0.719. The van der Waals surface area contributed by atoms with Gasteiger partial charge in [0.05, 0.1) is 0 Å². The Balaban J connectivity index is 2.40. The summed E-state index contributed by atoms with van der Waals surface area (Å²) >= 11 is 0. The number of hydrogen-bond acceptors (Lipinski definition) is 3. The molecule has 0 saturated carbocycles. The highest BCUT2D eigenvalue weighted by Crippen LogP contribution is 2.00. The summed E-state index contributed by atoms with van der Waals surface area (Å²) in [6, 6.07) is -0.364. The fraction of sp³-hybridized carbons (Fsp3) is 0.750. The molecule has 0 unspecified atom stereocenters. The van der Waals surface area contributed by atoms with Gasteiger partial charge in [0, 0.05) is 6.54 Å². The summed E-state index contributed by atoms with van der Waals surface area (Å²) in [6.45, 7) is 2.56. The van der Waals surface area contributed by atoms with E-state index < -0.39 is 0 Å². The van der Waals surface area contributed by atoms with Crippen molar-refractivity contribution >= 4 is 6.03 Å². The van der Waals surface area contributed by atoms with Crippen LogP contribution in [0, 0.1) is 0 Å². The SMILES string of the molecule is CCCN1N=N[N]C1=O. The Kier molecular flexibility index (Phi) is 1.62. The molecular weight excluding hydrogens is 120 g/mol. The summed E-state index contributed by atoms with van der Waals surface area (Å²) in [7, 11) is 0. The predicted molar refractivity (Wildman–Crippen MR) is 29.4 cm³/mol. The highest BCUT2D eigenvalue weighted by atomic mass is 16.2. The van der Waals surface area contributed by atoms with Crippen molar-refractivity contribution in [1.82, 2.24) is 10.4 Å². The molecule has 0 aromatic rings. The molecule has 1 radical (unpaired) electrons. The molecule has 0 fully saturated rings. The summed E-state index contributed by atoms with van der Waals surface area (Å²) in [4.78, 5) is 10.5. The smallest absolute Gasteiger partial charge is 0.242 e.